The van der Waals surface area contributed by atoms with Crippen LogP contribution in [0.5, 0.6) is 5.75 Å². The summed E-state index contributed by atoms with van der Waals surface area (Å²) in [5.41, 5.74) is 2.59. The molecule has 0 bridgehead atoms. The fraction of sp³-hybridized carbons (Fsp3) is 0.192. The number of hydrogen-bond acceptors (Lipinski definition) is 6. The second-order valence-corrected chi connectivity index (χ2v) is 7.67. The molecule has 0 spiro atoms. The zero-order valence-corrected chi connectivity index (χ0v) is 18.6. The van der Waals surface area contributed by atoms with Crippen LogP contribution in [0.25, 0.3) is 11.4 Å². The summed E-state index contributed by atoms with van der Waals surface area (Å²) < 4.78 is 5.78. The van der Waals surface area contributed by atoms with E-state index in [0.29, 0.717) is 31.1 Å². The van der Waals surface area contributed by atoms with E-state index in [1.807, 2.05) is 72.8 Å². The fourth-order valence-corrected chi connectivity index (χ4v) is 3.30. The molecule has 0 fully saturated rings. The summed E-state index contributed by atoms with van der Waals surface area (Å²) in [6.07, 6.45) is 2.74. The zero-order valence-electron chi connectivity index (χ0n) is 18.6. The van der Waals surface area contributed by atoms with Crippen molar-refractivity contribution in [3.63, 3.8) is 0 Å². The molecule has 34 heavy (non-hydrogen) atoms. The van der Waals surface area contributed by atoms with Gasteiger partial charge in [-0.25, -0.2) is 0 Å². The van der Waals surface area contributed by atoms with E-state index in [1.54, 1.807) is 6.20 Å². The van der Waals surface area contributed by atoms with Crippen molar-refractivity contribution < 1.29 is 9.53 Å². The number of pyridine rings is 1. The molecular weight excluding hydrogens is 430 g/mol. The number of aromatic amines is 1. The summed E-state index contributed by atoms with van der Waals surface area (Å²) in [7, 11) is 0. The van der Waals surface area contributed by atoms with Crippen molar-refractivity contribution in [2.45, 2.75) is 25.9 Å². The minimum absolute atomic E-state index is 0.146. The molecule has 0 atom stereocenters. The van der Waals surface area contributed by atoms with Gasteiger partial charge in [0, 0.05) is 43.3 Å². The third-order valence-corrected chi connectivity index (χ3v) is 5.16. The lowest BCUT2D eigenvalue weighted by Crippen LogP contribution is -2.27. The molecule has 8 heteroatoms. The Morgan fingerprint density at radius 1 is 0.912 bits per heavy atom. The minimum Gasteiger partial charge on any atom is -0.489 e. The van der Waals surface area contributed by atoms with Gasteiger partial charge in [0.25, 0.3) is 5.56 Å². The Bertz CT molecular complexity index is 1260. The average Bonchev–Trinajstić information content (AvgIpc) is 2.88. The van der Waals surface area contributed by atoms with Crippen LogP contribution in [0.2, 0.25) is 0 Å². The van der Waals surface area contributed by atoms with E-state index in [0.717, 1.165) is 16.8 Å². The van der Waals surface area contributed by atoms with Crippen molar-refractivity contribution >= 4 is 5.91 Å². The summed E-state index contributed by atoms with van der Waals surface area (Å²) in [5, 5.41) is 11.0. The van der Waals surface area contributed by atoms with Gasteiger partial charge in [0.1, 0.15) is 18.1 Å². The van der Waals surface area contributed by atoms with Gasteiger partial charge >= 0.3 is 0 Å². The number of amides is 1. The average molecular weight is 456 g/mol. The van der Waals surface area contributed by atoms with Gasteiger partial charge in [-0.2, -0.15) is 0 Å². The molecule has 172 valence electrons. The molecule has 0 radical (unpaired) electrons. The van der Waals surface area contributed by atoms with Gasteiger partial charge in [0.15, 0.2) is 5.82 Å². The molecule has 4 rings (SSSR count). The minimum atomic E-state index is -0.351. The molecule has 0 saturated heterocycles. The molecule has 2 aromatic heterocycles. The number of ether oxygens (including phenoxy) is 1. The number of nitrogens with zero attached hydrogens (tertiary/aromatic N) is 3. The number of nitrogens with one attached hydrogen (secondary N) is 2. The SMILES string of the molecule is O=C(CCc1nnc(-c2ccc(OCc3ccccc3)cc2)[nH]c1=O)NCCc1ccccn1. The third kappa shape index (κ3) is 6.59. The first-order valence-electron chi connectivity index (χ1n) is 11.1. The van der Waals surface area contributed by atoms with Crippen molar-refractivity contribution in [2.75, 3.05) is 6.54 Å². The molecule has 2 heterocycles. The monoisotopic (exact) mass is 455 g/mol. The maximum Gasteiger partial charge on any atom is 0.273 e. The lowest BCUT2D eigenvalue weighted by molar-refractivity contribution is -0.121. The summed E-state index contributed by atoms with van der Waals surface area (Å²) in [6.45, 7) is 0.962. The van der Waals surface area contributed by atoms with E-state index >= 15 is 0 Å². The highest BCUT2D eigenvalue weighted by molar-refractivity contribution is 5.76. The van der Waals surface area contributed by atoms with Crippen LogP contribution in [0.1, 0.15) is 23.4 Å². The topological polar surface area (TPSA) is 110 Å². The van der Waals surface area contributed by atoms with Crippen molar-refractivity contribution in [3.8, 4) is 17.1 Å². The number of aromatic nitrogens is 4. The molecule has 2 aromatic carbocycles. The van der Waals surface area contributed by atoms with Crippen molar-refractivity contribution in [1.82, 2.24) is 25.5 Å². The van der Waals surface area contributed by atoms with Gasteiger partial charge in [0.2, 0.25) is 5.91 Å². The van der Waals surface area contributed by atoms with Crippen LogP contribution in [-0.2, 0) is 24.2 Å². The van der Waals surface area contributed by atoms with Crippen molar-refractivity contribution in [1.29, 1.82) is 0 Å². The predicted octanol–water partition coefficient (Wildman–Crippen LogP) is 3.10. The second-order valence-electron chi connectivity index (χ2n) is 7.67. The van der Waals surface area contributed by atoms with Crippen molar-refractivity contribution in [3.05, 3.63) is 106 Å². The first kappa shape index (κ1) is 22.8. The first-order valence-corrected chi connectivity index (χ1v) is 11.1. The lowest BCUT2D eigenvalue weighted by Gasteiger charge is -2.07. The Labute approximate surface area is 197 Å². The Kier molecular flexibility index (Phi) is 7.74. The van der Waals surface area contributed by atoms with E-state index in [9.17, 15) is 9.59 Å². The van der Waals surface area contributed by atoms with E-state index in [2.05, 4.69) is 25.5 Å². The predicted molar refractivity (Wildman–Crippen MR) is 128 cm³/mol. The van der Waals surface area contributed by atoms with Gasteiger partial charge < -0.3 is 15.0 Å². The van der Waals surface area contributed by atoms with E-state index in [-0.39, 0.29) is 30.0 Å². The Morgan fingerprint density at radius 2 is 1.71 bits per heavy atom. The van der Waals surface area contributed by atoms with Crippen LogP contribution in [0.15, 0.2) is 83.8 Å². The maximum absolute atomic E-state index is 12.4. The number of carbonyl (C=O) groups excluding carboxylic acids is 1. The molecule has 1 amide bonds. The standard InChI is InChI=1S/C26H25N5O3/c32-24(28-17-15-21-8-4-5-16-27-21)14-13-23-26(33)29-25(31-30-23)20-9-11-22(12-10-20)34-18-19-6-2-1-3-7-19/h1-12,16H,13-15,17-18H2,(H,28,32)(H,29,31,33). The summed E-state index contributed by atoms with van der Waals surface area (Å²) in [5.74, 6) is 0.934. The number of carbonyl (C=O) groups is 1. The van der Waals surface area contributed by atoms with Crippen molar-refractivity contribution in [2.24, 2.45) is 0 Å². The molecule has 0 saturated carbocycles. The van der Waals surface area contributed by atoms with E-state index < -0.39 is 0 Å². The van der Waals surface area contributed by atoms with Crippen LogP contribution >= 0.6 is 0 Å². The Hall–Kier alpha value is -4.33. The van der Waals surface area contributed by atoms with E-state index in [4.69, 9.17) is 4.74 Å². The highest BCUT2D eigenvalue weighted by atomic mass is 16.5. The number of aryl methyl sites for hydroxylation is 1. The van der Waals surface area contributed by atoms with Gasteiger partial charge in [0.05, 0.1) is 0 Å². The fourth-order valence-electron chi connectivity index (χ4n) is 3.30. The van der Waals surface area contributed by atoms with Gasteiger partial charge in [-0.05, 0) is 42.0 Å². The zero-order chi connectivity index (χ0) is 23.6. The molecule has 2 N–H and O–H groups in total. The summed E-state index contributed by atoms with van der Waals surface area (Å²) in [4.78, 5) is 31.5. The van der Waals surface area contributed by atoms with E-state index in [1.165, 1.54) is 0 Å². The third-order valence-electron chi connectivity index (χ3n) is 5.16. The van der Waals surface area contributed by atoms with Crippen LogP contribution in [0, 0.1) is 0 Å². The van der Waals surface area contributed by atoms with Gasteiger partial charge in [-0.1, -0.05) is 36.4 Å². The lowest BCUT2D eigenvalue weighted by atomic mass is 10.2. The quantitative estimate of drug-likeness (QED) is 0.380. The highest BCUT2D eigenvalue weighted by Gasteiger charge is 2.10. The smallest absolute Gasteiger partial charge is 0.273 e. The maximum atomic E-state index is 12.4. The molecular formula is C26H25N5O3. The van der Waals surface area contributed by atoms with Crippen LogP contribution in [-0.4, -0.2) is 32.6 Å². The Morgan fingerprint density at radius 3 is 2.44 bits per heavy atom. The molecule has 0 aliphatic heterocycles. The van der Waals surface area contributed by atoms with Crippen LogP contribution in [0.3, 0.4) is 0 Å². The van der Waals surface area contributed by atoms with Gasteiger partial charge in [-0.15, -0.1) is 10.2 Å². The first-order chi connectivity index (χ1) is 16.7. The van der Waals surface area contributed by atoms with Crippen LogP contribution < -0.4 is 15.6 Å². The second kappa shape index (κ2) is 11.5. The molecule has 0 unspecified atom stereocenters. The summed E-state index contributed by atoms with van der Waals surface area (Å²) in [6, 6.07) is 22.8. The Balaban J connectivity index is 1.27. The molecule has 0 aliphatic carbocycles. The number of benzene rings is 2. The highest BCUT2D eigenvalue weighted by Crippen LogP contribution is 2.19. The van der Waals surface area contributed by atoms with Crippen LogP contribution in [0.4, 0.5) is 0 Å². The summed E-state index contributed by atoms with van der Waals surface area (Å²) >= 11 is 0. The van der Waals surface area contributed by atoms with Gasteiger partial charge in [-0.3, -0.25) is 14.6 Å². The normalized spacial score (nSPS) is 10.6. The number of rotatable bonds is 10. The number of hydrogen-bond donors (Lipinski definition) is 2. The molecule has 8 nitrogen and oxygen atoms in total. The molecule has 4 aromatic rings. The molecule has 0 aliphatic rings. The largest absolute Gasteiger partial charge is 0.489 e. The number of H-pyrrole nitrogens is 1.